The highest BCUT2D eigenvalue weighted by Crippen LogP contribution is 2.28. The average molecular weight is 386 g/mol. The summed E-state index contributed by atoms with van der Waals surface area (Å²) < 4.78 is 28.7. The zero-order valence-corrected chi connectivity index (χ0v) is 17.0. The first-order chi connectivity index (χ1) is 12.5. The van der Waals surface area contributed by atoms with E-state index in [9.17, 15) is 13.2 Å². The fourth-order valence-corrected chi connectivity index (χ4v) is 6.49. The molecule has 0 aromatic heterocycles. The molecule has 1 atom stereocenters. The van der Waals surface area contributed by atoms with Crippen LogP contribution in [-0.4, -0.2) is 68.1 Å². The predicted octanol–water partition coefficient (Wildman–Crippen LogP) is 1.96. The van der Waals surface area contributed by atoms with Gasteiger partial charge in [0.25, 0.3) is 0 Å². The van der Waals surface area contributed by atoms with E-state index in [2.05, 4.69) is 16.5 Å². The van der Waals surface area contributed by atoms with Gasteiger partial charge in [0.15, 0.2) is 0 Å². The number of rotatable bonds is 6. The number of carbonyl (C=O) groups excluding carboxylic acids is 1. The summed E-state index contributed by atoms with van der Waals surface area (Å²) in [5.74, 6) is 0.322. The zero-order valence-electron chi connectivity index (χ0n) is 16.2. The van der Waals surface area contributed by atoms with E-state index in [1.165, 1.54) is 0 Å². The summed E-state index contributed by atoms with van der Waals surface area (Å²) in [6.07, 6.45) is 8.57. The molecule has 6 nitrogen and oxygen atoms in total. The first-order valence-electron chi connectivity index (χ1n) is 10.5. The molecule has 2 saturated heterocycles. The quantitative estimate of drug-likeness (QED) is 0.759. The molecule has 3 aliphatic rings. The second-order valence-corrected chi connectivity index (χ2v) is 10.3. The van der Waals surface area contributed by atoms with Crippen LogP contribution in [0.5, 0.6) is 0 Å². The maximum absolute atomic E-state index is 12.9. The molecule has 150 valence electrons. The minimum atomic E-state index is -3.37. The number of hydrogen-bond donors (Lipinski definition) is 1. The van der Waals surface area contributed by atoms with Gasteiger partial charge < -0.3 is 9.80 Å². The Morgan fingerprint density at radius 3 is 2.35 bits per heavy atom. The van der Waals surface area contributed by atoms with Crippen molar-refractivity contribution in [1.82, 2.24) is 14.5 Å². The molecule has 3 fully saturated rings. The Morgan fingerprint density at radius 2 is 1.69 bits per heavy atom. The summed E-state index contributed by atoms with van der Waals surface area (Å²) in [5.41, 5.74) is 0. The third-order valence-electron chi connectivity index (χ3n) is 6.29. The van der Waals surface area contributed by atoms with Crippen LogP contribution >= 0.6 is 0 Å². The summed E-state index contributed by atoms with van der Waals surface area (Å²) in [7, 11) is -3.37. The number of nitrogens with zero attached hydrogens (tertiary/aromatic N) is 2. The van der Waals surface area contributed by atoms with Crippen LogP contribution in [0.2, 0.25) is 0 Å². The van der Waals surface area contributed by atoms with Crippen molar-refractivity contribution in [3.63, 3.8) is 0 Å². The number of hydrogen-bond acceptors (Lipinski definition) is 4. The summed E-state index contributed by atoms with van der Waals surface area (Å²) in [6, 6.07) is 0.0500. The molecule has 1 N–H and O–H groups in total. The number of likely N-dealkylation sites (tertiary alicyclic amines) is 2. The molecule has 1 saturated carbocycles. The first-order valence-corrected chi connectivity index (χ1v) is 12.1. The third kappa shape index (κ3) is 4.98. The highest BCUT2D eigenvalue weighted by atomic mass is 32.2. The van der Waals surface area contributed by atoms with Crippen molar-refractivity contribution in [2.45, 2.75) is 76.0 Å². The van der Waals surface area contributed by atoms with Gasteiger partial charge in [0, 0.05) is 25.0 Å². The molecule has 3 rings (SSSR count). The Hall–Kier alpha value is -0.660. The third-order valence-corrected chi connectivity index (χ3v) is 8.22. The smallest absolute Gasteiger partial charge is 0.225 e. The van der Waals surface area contributed by atoms with Crippen LogP contribution in [0.4, 0.5) is 0 Å². The largest absolute Gasteiger partial charge is 0.341 e. The molecule has 7 heteroatoms. The van der Waals surface area contributed by atoms with Gasteiger partial charge >= 0.3 is 0 Å². The minimum Gasteiger partial charge on any atom is -0.341 e. The van der Waals surface area contributed by atoms with Crippen LogP contribution in [0.1, 0.15) is 64.7 Å². The average Bonchev–Trinajstić information content (AvgIpc) is 3.17. The topological polar surface area (TPSA) is 69.7 Å². The van der Waals surface area contributed by atoms with Crippen molar-refractivity contribution < 1.29 is 13.2 Å². The second-order valence-electron chi connectivity index (χ2n) is 8.31. The molecule has 0 aromatic rings. The van der Waals surface area contributed by atoms with Crippen molar-refractivity contribution in [3.8, 4) is 0 Å². The lowest BCUT2D eigenvalue weighted by molar-refractivity contribution is -0.136. The van der Waals surface area contributed by atoms with Gasteiger partial charge in [0.1, 0.15) is 0 Å². The van der Waals surface area contributed by atoms with Gasteiger partial charge in [0.05, 0.1) is 5.25 Å². The fraction of sp³-hybridized carbons (Fsp3) is 0.947. The van der Waals surface area contributed by atoms with Gasteiger partial charge in [-0.2, -0.15) is 0 Å². The predicted molar refractivity (Wildman–Crippen MR) is 103 cm³/mol. The van der Waals surface area contributed by atoms with Crippen LogP contribution in [0.15, 0.2) is 0 Å². The van der Waals surface area contributed by atoms with Gasteiger partial charge in [-0.1, -0.05) is 19.8 Å². The summed E-state index contributed by atoms with van der Waals surface area (Å²) in [4.78, 5) is 16.9. The van der Waals surface area contributed by atoms with E-state index in [0.717, 1.165) is 77.5 Å². The SMILES string of the molecule is CCCN1CCC(NS(=O)(=O)C2CCCN(C(=O)C3CCCC3)C2)CC1. The Labute approximate surface area is 158 Å². The minimum absolute atomic E-state index is 0.0500. The van der Waals surface area contributed by atoms with E-state index in [1.807, 2.05) is 4.90 Å². The summed E-state index contributed by atoms with van der Waals surface area (Å²) in [5, 5.41) is -0.449. The first kappa shape index (κ1) is 20.1. The van der Waals surface area contributed by atoms with E-state index in [1.54, 1.807) is 0 Å². The van der Waals surface area contributed by atoms with E-state index in [-0.39, 0.29) is 17.9 Å². The van der Waals surface area contributed by atoms with Crippen LogP contribution < -0.4 is 4.72 Å². The summed E-state index contributed by atoms with van der Waals surface area (Å²) >= 11 is 0. The molecule has 26 heavy (non-hydrogen) atoms. The lowest BCUT2D eigenvalue weighted by atomic mass is 10.0. The van der Waals surface area contributed by atoms with Crippen molar-refractivity contribution in [2.24, 2.45) is 5.92 Å². The van der Waals surface area contributed by atoms with E-state index < -0.39 is 15.3 Å². The molecule has 2 heterocycles. The Morgan fingerprint density at radius 1 is 1.00 bits per heavy atom. The maximum atomic E-state index is 12.9. The molecule has 0 aromatic carbocycles. The van der Waals surface area contributed by atoms with Gasteiger partial charge in [-0.25, -0.2) is 13.1 Å². The maximum Gasteiger partial charge on any atom is 0.225 e. The van der Waals surface area contributed by atoms with Crippen LogP contribution in [0, 0.1) is 5.92 Å². The highest BCUT2D eigenvalue weighted by Gasteiger charge is 2.36. The molecule has 0 bridgehead atoms. The number of sulfonamides is 1. The summed E-state index contributed by atoms with van der Waals surface area (Å²) in [6.45, 7) is 6.31. The number of nitrogens with one attached hydrogen (secondary N) is 1. The van der Waals surface area contributed by atoms with E-state index in [0.29, 0.717) is 13.0 Å². The molecule has 0 radical (unpaired) electrons. The number of piperidine rings is 2. The van der Waals surface area contributed by atoms with Gasteiger partial charge in [0.2, 0.25) is 15.9 Å². The van der Waals surface area contributed by atoms with Crippen molar-refractivity contribution in [2.75, 3.05) is 32.7 Å². The van der Waals surface area contributed by atoms with Crippen LogP contribution in [-0.2, 0) is 14.8 Å². The number of amides is 1. The van der Waals surface area contributed by atoms with Gasteiger partial charge in [-0.3, -0.25) is 4.79 Å². The van der Waals surface area contributed by atoms with Crippen LogP contribution in [0.3, 0.4) is 0 Å². The fourth-order valence-electron chi connectivity index (χ4n) is 4.74. The normalized spacial score (nSPS) is 27.1. The zero-order chi connectivity index (χ0) is 18.6. The molecule has 0 spiro atoms. The molecule has 1 unspecified atom stereocenters. The van der Waals surface area contributed by atoms with Gasteiger partial charge in [-0.05, 0) is 64.6 Å². The van der Waals surface area contributed by atoms with Gasteiger partial charge in [-0.15, -0.1) is 0 Å². The van der Waals surface area contributed by atoms with E-state index in [4.69, 9.17) is 0 Å². The Bertz CT molecular complexity index is 567. The molecular formula is C19H35N3O3S. The lowest BCUT2D eigenvalue weighted by Gasteiger charge is -2.36. The Balaban J connectivity index is 1.52. The molecule has 2 aliphatic heterocycles. The Kier molecular flexibility index (Phi) is 6.97. The number of carbonyl (C=O) groups is 1. The van der Waals surface area contributed by atoms with Crippen molar-refractivity contribution >= 4 is 15.9 Å². The lowest BCUT2D eigenvalue weighted by Crippen LogP contribution is -2.52. The molecular weight excluding hydrogens is 350 g/mol. The monoisotopic (exact) mass is 385 g/mol. The van der Waals surface area contributed by atoms with Crippen molar-refractivity contribution in [3.05, 3.63) is 0 Å². The van der Waals surface area contributed by atoms with Crippen molar-refractivity contribution in [1.29, 1.82) is 0 Å². The highest BCUT2D eigenvalue weighted by molar-refractivity contribution is 7.90. The van der Waals surface area contributed by atoms with E-state index >= 15 is 0 Å². The standard InChI is InChI=1S/C19H35N3O3S/c1-2-11-21-13-9-17(10-14-21)20-26(24,25)18-8-5-12-22(15-18)19(23)16-6-3-4-7-16/h16-18,20H,2-15H2,1H3. The molecule has 1 aliphatic carbocycles. The second kappa shape index (κ2) is 9.02. The molecule has 1 amide bonds. The van der Waals surface area contributed by atoms with Crippen LogP contribution in [0.25, 0.3) is 0 Å².